The molecule has 0 unspecified atom stereocenters. The Morgan fingerprint density at radius 2 is 2.00 bits per heavy atom. The van der Waals surface area contributed by atoms with Gasteiger partial charge in [0.1, 0.15) is 5.75 Å². The van der Waals surface area contributed by atoms with Crippen molar-refractivity contribution in [2.75, 3.05) is 0 Å². The maximum atomic E-state index is 12.2. The summed E-state index contributed by atoms with van der Waals surface area (Å²) in [7, 11) is 0. The molecule has 2 N–H and O–H groups in total. The van der Waals surface area contributed by atoms with Gasteiger partial charge in [0.25, 0.3) is 5.91 Å². The number of nitrogens with zero attached hydrogens (tertiary/aromatic N) is 3. The zero-order chi connectivity index (χ0) is 18.5. The normalized spacial score (nSPS) is 11.0. The predicted octanol–water partition coefficient (Wildman–Crippen LogP) is 3.82. The highest BCUT2D eigenvalue weighted by Gasteiger charge is 2.15. The van der Waals surface area contributed by atoms with E-state index < -0.39 is 5.91 Å². The lowest BCUT2D eigenvalue weighted by atomic mass is 10.2. The second-order valence-corrected chi connectivity index (χ2v) is 6.70. The highest BCUT2D eigenvalue weighted by atomic mass is 79.9. The highest BCUT2D eigenvalue weighted by molar-refractivity contribution is 9.10. The fourth-order valence-electron chi connectivity index (χ4n) is 2.22. The van der Waals surface area contributed by atoms with Crippen molar-refractivity contribution in [3.05, 3.63) is 81.0 Å². The van der Waals surface area contributed by atoms with Crippen molar-refractivity contribution in [1.82, 2.24) is 15.2 Å². The number of hydrazone groups is 1. The summed E-state index contributed by atoms with van der Waals surface area (Å²) in [4.78, 5) is 12.2. The van der Waals surface area contributed by atoms with Crippen LogP contribution in [0.5, 0.6) is 5.75 Å². The van der Waals surface area contributed by atoms with Crippen LogP contribution in [0.2, 0.25) is 5.02 Å². The van der Waals surface area contributed by atoms with E-state index in [-0.39, 0.29) is 11.4 Å². The van der Waals surface area contributed by atoms with Gasteiger partial charge in [-0.15, -0.1) is 0 Å². The number of carbonyl (C=O) groups excluding carboxylic acids is 1. The number of halogens is 2. The van der Waals surface area contributed by atoms with Crippen LogP contribution in [0.15, 0.2) is 64.3 Å². The van der Waals surface area contributed by atoms with E-state index in [1.807, 2.05) is 12.1 Å². The number of hydrogen-bond acceptors (Lipinski definition) is 4. The molecule has 0 aliphatic carbocycles. The summed E-state index contributed by atoms with van der Waals surface area (Å²) in [5.41, 5.74) is 4.12. The molecular formula is C18H14BrClN4O2. The second kappa shape index (κ2) is 8.16. The van der Waals surface area contributed by atoms with Gasteiger partial charge in [0.2, 0.25) is 0 Å². The summed E-state index contributed by atoms with van der Waals surface area (Å²) in [5.74, 6) is -0.377. The minimum absolute atomic E-state index is 0.0823. The van der Waals surface area contributed by atoms with Crippen LogP contribution >= 0.6 is 27.5 Å². The molecule has 26 heavy (non-hydrogen) atoms. The number of amides is 1. The number of nitrogens with one attached hydrogen (secondary N) is 1. The molecule has 0 saturated carbocycles. The van der Waals surface area contributed by atoms with Gasteiger partial charge in [0.15, 0.2) is 5.69 Å². The summed E-state index contributed by atoms with van der Waals surface area (Å²) < 4.78 is 2.20. The number of rotatable bonds is 5. The molecule has 132 valence electrons. The monoisotopic (exact) mass is 432 g/mol. The minimum atomic E-state index is -0.460. The van der Waals surface area contributed by atoms with Gasteiger partial charge >= 0.3 is 0 Å². The molecular weight excluding hydrogens is 420 g/mol. The molecule has 1 heterocycles. The fraction of sp³-hybridized carbons (Fsp3) is 0.0556. The van der Waals surface area contributed by atoms with Gasteiger partial charge in [0.05, 0.1) is 17.2 Å². The van der Waals surface area contributed by atoms with E-state index >= 15 is 0 Å². The number of phenolic OH excluding ortho intramolecular Hbond substituents is 1. The second-order valence-electron chi connectivity index (χ2n) is 5.41. The molecule has 0 atom stereocenters. The Balaban J connectivity index is 1.67. The van der Waals surface area contributed by atoms with E-state index in [1.165, 1.54) is 12.3 Å². The van der Waals surface area contributed by atoms with Crippen LogP contribution in [-0.2, 0) is 6.54 Å². The van der Waals surface area contributed by atoms with Gasteiger partial charge in [-0.3, -0.25) is 9.48 Å². The van der Waals surface area contributed by atoms with Crippen molar-refractivity contribution in [2.45, 2.75) is 6.54 Å². The first-order valence-electron chi connectivity index (χ1n) is 7.62. The van der Waals surface area contributed by atoms with Crippen molar-refractivity contribution in [1.29, 1.82) is 0 Å². The van der Waals surface area contributed by atoms with Gasteiger partial charge in [-0.1, -0.05) is 35.9 Å². The van der Waals surface area contributed by atoms with Crippen molar-refractivity contribution < 1.29 is 9.90 Å². The van der Waals surface area contributed by atoms with Gasteiger partial charge < -0.3 is 5.11 Å². The summed E-state index contributed by atoms with van der Waals surface area (Å²) in [6.07, 6.45) is 3.09. The molecule has 3 rings (SSSR count). The zero-order valence-corrected chi connectivity index (χ0v) is 15.8. The average molecular weight is 434 g/mol. The lowest BCUT2D eigenvalue weighted by Gasteiger charge is -2.02. The van der Waals surface area contributed by atoms with Crippen LogP contribution in [0.3, 0.4) is 0 Å². The smallest absolute Gasteiger partial charge is 0.293 e. The standard InChI is InChI=1S/C18H14BrClN4O2/c19-15-11-24(10-12-5-7-14(20)8-6-12)23-17(15)18(26)22-21-9-13-3-1-2-4-16(13)25/h1-9,11,25H,10H2,(H,22,26)/b21-9+. The molecule has 8 heteroatoms. The predicted molar refractivity (Wildman–Crippen MR) is 104 cm³/mol. The zero-order valence-electron chi connectivity index (χ0n) is 13.4. The van der Waals surface area contributed by atoms with Gasteiger partial charge in [-0.2, -0.15) is 10.2 Å². The van der Waals surface area contributed by atoms with E-state index in [2.05, 4.69) is 31.6 Å². The molecule has 0 aliphatic rings. The van der Waals surface area contributed by atoms with E-state index in [0.717, 1.165) is 5.56 Å². The maximum absolute atomic E-state index is 12.2. The van der Waals surface area contributed by atoms with Crippen LogP contribution < -0.4 is 5.43 Å². The molecule has 1 amide bonds. The molecule has 0 fully saturated rings. The van der Waals surface area contributed by atoms with Gasteiger partial charge in [-0.25, -0.2) is 5.43 Å². The fourth-order valence-corrected chi connectivity index (χ4v) is 2.84. The SMILES string of the molecule is O=C(N/N=C/c1ccccc1O)c1nn(Cc2ccc(Cl)cc2)cc1Br. The molecule has 0 radical (unpaired) electrons. The molecule has 0 spiro atoms. The number of phenols is 1. The maximum Gasteiger partial charge on any atom is 0.293 e. The van der Waals surface area contributed by atoms with Gasteiger partial charge in [-0.05, 0) is 45.8 Å². The lowest BCUT2D eigenvalue weighted by molar-refractivity contribution is 0.0948. The Kier molecular flexibility index (Phi) is 5.70. The number of benzene rings is 2. The summed E-state index contributed by atoms with van der Waals surface area (Å²) >= 11 is 9.21. The number of aromatic nitrogens is 2. The van der Waals surface area contributed by atoms with Crippen LogP contribution in [0.25, 0.3) is 0 Å². The Labute approximate surface area is 163 Å². The first-order chi connectivity index (χ1) is 12.5. The Hall–Kier alpha value is -2.64. The quantitative estimate of drug-likeness (QED) is 0.474. The summed E-state index contributed by atoms with van der Waals surface area (Å²) in [6.45, 7) is 0.504. The van der Waals surface area contributed by atoms with Crippen LogP contribution in [-0.4, -0.2) is 27.0 Å². The van der Waals surface area contributed by atoms with Gasteiger partial charge in [0, 0.05) is 16.8 Å². The van der Waals surface area contributed by atoms with Crippen molar-refractivity contribution >= 4 is 39.7 Å². The highest BCUT2D eigenvalue weighted by Crippen LogP contribution is 2.17. The van der Waals surface area contributed by atoms with E-state index in [9.17, 15) is 9.90 Å². The third kappa shape index (κ3) is 4.50. The largest absolute Gasteiger partial charge is 0.507 e. The molecule has 1 aromatic heterocycles. The summed E-state index contributed by atoms with van der Waals surface area (Å²) in [5, 5.41) is 18.5. The van der Waals surface area contributed by atoms with Crippen LogP contribution in [0, 0.1) is 0 Å². The molecule has 3 aromatic rings. The van der Waals surface area contributed by atoms with E-state index in [4.69, 9.17) is 11.6 Å². The topological polar surface area (TPSA) is 79.5 Å². The number of carbonyl (C=O) groups is 1. The van der Waals surface area contributed by atoms with E-state index in [0.29, 0.717) is 21.6 Å². The van der Waals surface area contributed by atoms with Crippen molar-refractivity contribution in [2.24, 2.45) is 5.10 Å². The Morgan fingerprint density at radius 3 is 2.73 bits per heavy atom. The average Bonchev–Trinajstić information content (AvgIpc) is 2.99. The van der Waals surface area contributed by atoms with E-state index in [1.54, 1.807) is 41.2 Å². The number of aromatic hydroxyl groups is 1. The first kappa shape index (κ1) is 18.2. The molecule has 0 aliphatic heterocycles. The number of hydrogen-bond donors (Lipinski definition) is 2. The number of para-hydroxylation sites is 1. The third-order valence-electron chi connectivity index (χ3n) is 3.50. The molecule has 0 saturated heterocycles. The summed E-state index contributed by atoms with van der Waals surface area (Å²) in [6, 6.07) is 14.1. The van der Waals surface area contributed by atoms with Crippen molar-refractivity contribution in [3.63, 3.8) is 0 Å². The Bertz CT molecular complexity index is 954. The Morgan fingerprint density at radius 1 is 1.27 bits per heavy atom. The van der Waals surface area contributed by atoms with Crippen molar-refractivity contribution in [3.8, 4) is 5.75 Å². The van der Waals surface area contributed by atoms with Crippen LogP contribution in [0.4, 0.5) is 0 Å². The first-order valence-corrected chi connectivity index (χ1v) is 8.79. The molecule has 2 aromatic carbocycles. The third-order valence-corrected chi connectivity index (χ3v) is 4.33. The van der Waals surface area contributed by atoms with Crippen LogP contribution in [0.1, 0.15) is 21.6 Å². The molecule has 0 bridgehead atoms. The lowest BCUT2D eigenvalue weighted by Crippen LogP contribution is -2.19. The minimum Gasteiger partial charge on any atom is -0.507 e. The molecule has 6 nitrogen and oxygen atoms in total.